The van der Waals surface area contributed by atoms with E-state index in [4.69, 9.17) is 4.42 Å². The highest BCUT2D eigenvalue weighted by Crippen LogP contribution is 2.27. The Balaban J connectivity index is 2.08. The van der Waals surface area contributed by atoms with Crippen molar-refractivity contribution in [1.29, 1.82) is 0 Å². The second-order valence-corrected chi connectivity index (χ2v) is 5.72. The van der Waals surface area contributed by atoms with Crippen molar-refractivity contribution in [3.05, 3.63) is 30.7 Å². The van der Waals surface area contributed by atoms with Gasteiger partial charge >= 0.3 is 6.18 Å². The highest BCUT2D eigenvalue weighted by atomic mass is 32.2. The van der Waals surface area contributed by atoms with E-state index in [0.717, 1.165) is 17.3 Å². The third kappa shape index (κ3) is 4.63. The highest BCUT2D eigenvalue weighted by molar-refractivity contribution is 7.99. The summed E-state index contributed by atoms with van der Waals surface area (Å²) < 4.78 is 43.2. The first-order valence-electron chi connectivity index (χ1n) is 6.86. The lowest BCUT2D eigenvalue weighted by atomic mass is 10.2. The third-order valence-electron chi connectivity index (χ3n) is 2.95. The van der Waals surface area contributed by atoms with Gasteiger partial charge in [-0.15, -0.1) is 16.8 Å². The van der Waals surface area contributed by atoms with Crippen LogP contribution in [0, 0.1) is 6.92 Å². The van der Waals surface area contributed by atoms with Crippen LogP contribution >= 0.6 is 11.8 Å². The van der Waals surface area contributed by atoms with Crippen LogP contribution in [0.25, 0.3) is 11.4 Å². The predicted molar refractivity (Wildman–Crippen MR) is 82.4 cm³/mol. The monoisotopic (exact) mass is 360 g/mol. The quantitative estimate of drug-likeness (QED) is 0.607. The molecule has 1 N–H and O–H groups in total. The van der Waals surface area contributed by atoms with Crippen LogP contribution in [0.15, 0.2) is 34.6 Å². The number of nitrogens with zero attached hydrogens (tertiary/aromatic N) is 3. The zero-order valence-corrected chi connectivity index (χ0v) is 13.6. The van der Waals surface area contributed by atoms with Crippen molar-refractivity contribution in [2.45, 2.75) is 24.8 Å². The normalized spacial score (nSPS) is 11.5. The number of allylic oxidation sites excluding steroid dienone is 1. The molecule has 2 rings (SSSR count). The van der Waals surface area contributed by atoms with Crippen molar-refractivity contribution in [2.75, 3.05) is 12.3 Å². The SMILES string of the molecule is C=CCn1c(SCC(=O)NCC(F)(F)F)nnc1-c1ccoc1C. The van der Waals surface area contributed by atoms with E-state index < -0.39 is 18.6 Å². The summed E-state index contributed by atoms with van der Waals surface area (Å²) >= 11 is 1.00. The Labute approximate surface area is 140 Å². The van der Waals surface area contributed by atoms with Gasteiger partial charge in [0.2, 0.25) is 5.91 Å². The molecule has 0 radical (unpaired) electrons. The molecule has 0 spiro atoms. The molecule has 1 amide bonds. The van der Waals surface area contributed by atoms with Crippen LogP contribution in [-0.2, 0) is 11.3 Å². The third-order valence-corrected chi connectivity index (χ3v) is 3.91. The number of carbonyl (C=O) groups excluding carboxylic acids is 1. The van der Waals surface area contributed by atoms with Crippen molar-refractivity contribution < 1.29 is 22.4 Å². The van der Waals surface area contributed by atoms with E-state index in [-0.39, 0.29) is 5.75 Å². The molecule has 0 aliphatic heterocycles. The minimum atomic E-state index is -4.44. The average Bonchev–Trinajstić information content (AvgIpc) is 3.09. The van der Waals surface area contributed by atoms with Gasteiger partial charge in [0.25, 0.3) is 0 Å². The summed E-state index contributed by atoms with van der Waals surface area (Å²) in [5.41, 5.74) is 0.748. The summed E-state index contributed by atoms with van der Waals surface area (Å²) in [6, 6.07) is 1.74. The van der Waals surface area contributed by atoms with Gasteiger partial charge in [0.15, 0.2) is 11.0 Å². The molecule has 0 saturated heterocycles. The van der Waals surface area contributed by atoms with Crippen LogP contribution < -0.4 is 5.32 Å². The molecular formula is C14H15F3N4O2S. The molecule has 0 aromatic carbocycles. The standard InChI is InChI=1S/C14H15F3N4O2S/c1-3-5-21-12(10-4-6-23-9(10)2)19-20-13(21)24-7-11(22)18-8-14(15,16)17/h3-4,6H,1,5,7-8H2,2H3,(H,18,22). The number of alkyl halides is 3. The summed E-state index contributed by atoms with van der Waals surface area (Å²) in [5, 5.41) is 10.3. The zero-order valence-electron chi connectivity index (χ0n) is 12.8. The summed E-state index contributed by atoms with van der Waals surface area (Å²) in [4.78, 5) is 11.5. The lowest BCUT2D eigenvalue weighted by Gasteiger charge is -2.09. The van der Waals surface area contributed by atoms with Crippen molar-refractivity contribution in [3.8, 4) is 11.4 Å². The molecule has 0 unspecified atom stereocenters. The maximum atomic E-state index is 12.1. The summed E-state index contributed by atoms with van der Waals surface area (Å²) in [5.74, 6) is 0.272. The second-order valence-electron chi connectivity index (χ2n) is 4.78. The minimum absolute atomic E-state index is 0.199. The van der Waals surface area contributed by atoms with Gasteiger partial charge in [0.05, 0.1) is 17.6 Å². The summed E-state index contributed by atoms with van der Waals surface area (Å²) in [6.07, 6.45) is -1.28. The highest BCUT2D eigenvalue weighted by Gasteiger charge is 2.27. The number of amides is 1. The van der Waals surface area contributed by atoms with Gasteiger partial charge < -0.3 is 9.73 Å². The molecule has 2 aromatic heterocycles. The van der Waals surface area contributed by atoms with Gasteiger partial charge in [-0.1, -0.05) is 17.8 Å². The molecular weight excluding hydrogens is 345 g/mol. The van der Waals surface area contributed by atoms with Gasteiger partial charge in [-0.3, -0.25) is 9.36 Å². The topological polar surface area (TPSA) is 73.0 Å². The Hall–Kier alpha value is -2.23. The van der Waals surface area contributed by atoms with E-state index in [0.29, 0.717) is 23.3 Å². The Morgan fingerprint density at radius 1 is 1.50 bits per heavy atom. The van der Waals surface area contributed by atoms with Crippen molar-refractivity contribution in [2.24, 2.45) is 0 Å². The average molecular weight is 360 g/mol. The fraction of sp³-hybridized carbons (Fsp3) is 0.357. The maximum absolute atomic E-state index is 12.1. The molecule has 0 bridgehead atoms. The van der Waals surface area contributed by atoms with Crippen molar-refractivity contribution in [3.63, 3.8) is 0 Å². The Kier molecular flexibility index (Phi) is 5.71. The number of thioether (sulfide) groups is 1. The summed E-state index contributed by atoms with van der Waals surface area (Å²) in [7, 11) is 0. The minimum Gasteiger partial charge on any atom is -0.469 e. The van der Waals surface area contributed by atoms with Crippen LogP contribution in [0.5, 0.6) is 0 Å². The van der Waals surface area contributed by atoms with Gasteiger partial charge in [-0.05, 0) is 13.0 Å². The summed E-state index contributed by atoms with van der Waals surface area (Å²) in [6.45, 7) is 4.47. The molecule has 130 valence electrons. The predicted octanol–water partition coefficient (Wildman–Crippen LogP) is 2.80. The maximum Gasteiger partial charge on any atom is 0.405 e. The fourth-order valence-electron chi connectivity index (χ4n) is 1.89. The molecule has 0 aliphatic rings. The van der Waals surface area contributed by atoms with Gasteiger partial charge in [-0.25, -0.2) is 0 Å². The Morgan fingerprint density at radius 3 is 2.83 bits per heavy atom. The number of aromatic nitrogens is 3. The number of halogens is 3. The lowest BCUT2D eigenvalue weighted by molar-refractivity contribution is -0.136. The first-order chi connectivity index (χ1) is 11.3. The van der Waals surface area contributed by atoms with Crippen LogP contribution in [0.3, 0.4) is 0 Å². The fourth-order valence-corrected chi connectivity index (χ4v) is 2.66. The number of aryl methyl sites for hydroxylation is 1. The van der Waals surface area contributed by atoms with Crippen LogP contribution in [0.4, 0.5) is 13.2 Å². The first-order valence-corrected chi connectivity index (χ1v) is 7.85. The lowest BCUT2D eigenvalue weighted by Crippen LogP contribution is -2.34. The van der Waals surface area contributed by atoms with Crippen LogP contribution in [0.2, 0.25) is 0 Å². The Morgan fingerprint density at radius 2 is 2.25 bits per heavy atom. The van der Waals surface area contributed by atoms with Gasteiger partial charge in [-0.2, -0.15) is 13.2 Å². The van der Waals surface area contributed by atoms with E-state index in [1.807, 2.05) is 5.32 Å². The molecule has 24 heavy (non-hydrogen) atoms. The van der Waals surface area contributed by atoms with Crippen molar-refractivity contribution >= 4 is 17.7 Å². The molecule has 6 nitrogen and oxygen atoms in total. The van der Waals surface area contributed by atoms with Crippen LogP contribution in [-0.4, -0.2) is 39.1 Å². The number of hydrogen-bond acceptors (Lipinski definition) is 5. The molecule has 0 aliphatic carbocycles. The van der Waals surface area contributed by atoms with E-state index in [1.54, 1.807) is 23.6 Å². The first kappa shape index (κ1) is 18.1. The number of hydrogen-bond donors (Lipinski definition) is 1. The number of nitrogens with one attached hydrogen (secondary N) is 1. The van der Waals surface area contributed by atoms with E-state index in [9.17, 15) is 18.0 Å². The number of carbonyl (C=O) groups is 1. The van der Waals surface area contributed by atoms with E-state index in [2.05, 4.69) is 16.8 Å². The smallest absolute Gasteiger partial charge is 0.405 e. The molecule has 0 fully saturated rings. The molecule has 0 atom stereocenters. The van der Waals surface area contributed by atoms with Crippen LogP contribution in [0.1, 0.15) is 5.76 Å². The largest absolute Gasteiger partial charge is 0.469 e. The zero-order chi connectivity index (χ0) is 17.7. The van der Waals surface area contributed by atoms with Gasteiger partial charge in [0, 0.05) is 6.54 Å². The number of furan rings is 1. The molecule has 10 heteroatoms. The van der Waals surface area contributed by atoms with E-state index >= 15 is 0 Å². The Bertz CT molecular complexity index is 724. The molecule has 0 saturated carbocycles. The van der Waals surface area contributed by atoms with Crippen molar-refractivity contribution in [1.82, 2.24) is 20.1 Å². The molecule has 2 heterocycles. The van der Waals surface area contributed by atoms with Gasteiger partial charge in [0.1, 0.15) is 12.3 Å². The molecule has 2 aromatic rings. The number of rotatable bonds is 7. The van der Waals surface area contributed by atoms with E-state index in [1.165, 1.54) is 6.26 Å². The second kappa shape index (κ2) is 7.56.